The molecule has 3 aromatic carbocycles. The lowest BCUT2D eigenvalue weighted by atomic mass is 9.87. The van der Waals surface area contributed by atoms with E-state index in [9.17, 15) is 27.2 Å². The number of nitrogens with zero attached hydrogens (tertiary/aromatic N) is 3. The molecule has 2 amide bonds. The molecule has 0 bridgehead atoms. The van der Waals surface area contributed by atoms with Gasteiger partial charge >= 0.3 is 6.09 Å². The third-order valence-electron chi connectivity index (χ3n) is 8.47. The number of benzene rings is 3. The SMILES string of the molecule is O=C(OCCOCCON(O)O)N1CC=C(c2ccc(CCCOc3c(F)ccc(F)c3F)cc2)C(C(=O)N(Cc2ccccc2F)C2CC2)C1. The van der Waals surface area contributed by atoms with Crippen LogP contribution in [-0.2, 0) is 32.1 Å². The van der Waals surface area contributed by atoms with Gasteiger partial charge in [0.05, 0.1) is 37.7 Å². The van der Waals surface area contributed by atoms with Gasteiger partial charge in [-0.1, -0.05) is 48.5 Å². The van der Waals surface area contributed by atoms with Gasteiger partial charge in [0.1, 0.15) is 12.4 Å². The molecule has 1 fully saturated rings. The monoisotopic (exact) mass is 717 g/mol. The Kier molecular flexibility index (Phi) is 13.4. The second kappa shape index (κ2) is 18.1. The van der Waals surface area contributed by atoms with Crippen LogP contribution in [0.2, 0.25) is 0 Å². The van der Waals surface area contributed by atoms with E-state index < -0.39 is 46.4 Å². The first-order chi connectivity index (χ1) is 24.6. The van der Waals surface area contributed by atoms with Crippen molar-refractivity contribution in [1.82, 2.24) is 15.2 Å². The summed E-state index contributed by atoms with van der Waals surface area (Å²) in [6.07, 6.45) is 3.61. The maximum Gasteiger partial charge on any atom is 0.410 e. The van der Waals surface area contributed by atoms with Gasteiger partial charge in [-0.3, -0.25) is 15.2 Å². The number of carbonyl (C=O) groups is 2. The number of aryl methyl sites for hydroxylation is 1. The number of rotatable bonds is 17. The molecule has 0 aromatic heterocycles. The van der Waals surface area contributed by atoms with E-state index in [2.05, 4.69) is 4.84 Å². The van der Waals surface area contributed by atoms with Crippen LogP contribution in [0.5, 0.6) is 5.75 Å². The van der Waals surface area contributed by atoms with E-state index in [1.54, 1.807) is 29.2 Å². The van der Waals surface area contributed by atoms with Crippen molar-refractivity contribution in [3.05, 3.63) is 107 Å². The van der Waals surface area contributed by atoms with Crippen LogP contribution >= 0.6 is 0 Å². The second-order valence-electron chi connectivity index (χ2n) is 12.0. The van der Waals surface area contributed by atoms with Crippen LogP contribution in [0.25, 0.3) is 5.57 Å². The van der Waals surface area contributed by atoms with Crippen LogP contribution in [0.15, 0.2) is 66.7 Å². The molecule has 11 nitrogen and oxygen atoms in total. The number of hydrogen-bond acceptors (Lipinski definition) is 9. The van der Waals surface area contributed by atoms with Gasteiger partial charge in [-0.25, -0.2) is 22.8 Å². The summed E-state index contributed by atoms with van der Waals surface area (Å²) in [5.74, 6) is -5.74. The Bertz CT molecular complexity index is 1670. The third kappa shape index (κ3) is 10.5. The summed E-state index contributed by atoms with van der Waals surface area (Å²) in [6, 6.07) is 15.2. The van der Waals surface area contributed by atoms with Crippen molar-refractivity contribution in [2.45, 2.75) is 38.3 Å². The molecule has 51 heavy (non-hydrogen) atoms. The van der Waals surface area contributed by atoms with Crippen molar-refractivity contribution in [2.75, 3.05) is 46.1 Å². The van der Waals surface area contributed by atoms with Crippen molar-refractivity contribution in [2.24, 2.45) is 5.92 Å². The lowest BCUT2D eigenvalue weighted by molar-refractivity contribution is -0.493. The smallest absolute Gasteiger partial charge is 0.410 e. The molecule has 5 rings (SSSR count). The summed E-state index contributed by atoms with van der Waals surface area (Å²) >= 11 is 0. The quantitative estimate of drug-likeness (QED) is 0.0758. The van der Waals surface area contributed by atoms with E-state index in [0.717, 1.165) is 30.0 Å². The minimum atomic E-state index is -1.37. The van der Waals surface area contributed by atoms with E-state index in [0.29, 0.717) is 30.0 Å². The zero-order valence-electron chi connectivity index (χ0n) is 27.7. The molecule has 1 unspecified atom stereocenters. The average molecular weight is 718 g/mol. The summed E-state index contributed by atoms with van der Waals surface area (Å²) < 4.78 is 71.7. The van der Waals surface area contributed by atoms with Gasteiger partial charge in [0.2, 0.25) is 11.7 Å². The molecule has 3 aromatic rings. The Labute approximate surface area is 292 Å². The molecular formula is C36H39F4N3O8. The zero-order valence-corrected chi connectivity index (χ0v) is 27.7. The van der Waals surface area contributed by atoms with E-state index in [1.807, 2.05) is 24.3 Å². The predicted octanol–water partition coefficient (Wildman–Crippen LogP) is 5.93. The van der Waals surface area contributed by atoms with Crippen molar-refractivity contribution < 1.29 is 56.6 Å². The van der Waals surface area contributed by atoms with Crippen LogP contribution < -0.4 is 4.74 Å². The van der Waals surface area contributed by atoms with E-state index in [-0.39, 0.29) is 64.6 Å². The van der Waals surface area contributed by atoms with Crippen LogP contribution in [0.4, 0.5) is 22.4 Å². The number of ether oxygens (including phenoxy) is 3. The summed E-state index contributed by atoms with van der Waals surface area (Å²) in [6.45, 7) is 0.0428. The topological polar surface area (TPSA) is 121 Å². The fraction of sp³-hybridized carbons (Fsp3) is 0.389. The largest absolute Gasteiger partial charge is 0.488 e. The first-order valence-corrected chi connectivity index (χ1v) is 16.5. The number of carbonyl (C=O) groups excluding carboxylic acids is 2. The van der Waals surface area contributed by atoms with Gasteiger partial charge in [0.15, 0.2) is 17.4 Å². The Balaban J connectivity index is 1.25. The minimum absolute atomic E-state index is 0.0159. The van der Waals surface area contributed by atoms with Gasteiger partial charge in [0, 0.05) is 31.2 Å². The highest BCUT2D eigenvalue weighted by molar-refractivity contribution is 5.94. The Morgan fingerprint density at radius 2 is 1.57 bits per heavy atom. The van der Waals surface area contributed by atoms with Gasteiger partial charge in [0.25, 0.3) is 0 Å². The van der Waals surface area contributed by atoms with Gasteiger partial charge in [-0.2, -0.15) is 4.39 Å². The normalized spacial score (nSPS) is 15.9. The zero-order chi connectivity index (χ0) is 36.3. The number of hydrogen-bond donors (Lipinski definition) is 2. The highest BCUT2D eigenvalue weighted by Crippen LogP contribution is 2.36. The first-order valence-electron chi connectivity index (χ1n) is 16.5. The molecule has 2 N–H and O–H groups in total. The standard InChI is InChI=1S/C36H39F4N3O8/c37-30-6-2-1-5-26(30)22-42(27-11-12-27)35(44)29-23-41(36(45)50-20-18-48-19-21-51-43(46)47)16-15-28(29)25-9-7-24(8-10-25)4-3-17-49-34-32(39)14-13-31(38)33(34)40/h1-2,5-10,13-15,27,29,46-47H,3-4,11-12,16-23H2. The molecule has 15 heteroatoms. The maximum absolute atomic E-state index is 14.7. The highest BCUT2D eigenvalue weighted by atomic mass is 19.2. The molecule has 1 aliphatic carbocycles. The fourth-order valence-electron chi connectivity index (χ4n) is 5.72. The molecule has 0 saturated heterocycles. The summed E-state index contributed by atoms with van der Waals surface area (Å²) in [5, 5.41) is 16.6. The van der Waals surface area contributed by atoms with Crippen LogP contribution in [0, 0.1) is 29.2 Å². The van der Waals surface area contributed by atoms with Gasteiger partial charge < -0.3 is 24.0 Å². The second-order valence-corrected chi connectivity index (χ2v) is 12.0. The van der Waals surface area contributed by atoms with Crippen molar-refractivity contribution in [1.29, 1.82) is 0 Å². The minimum Gasteiger partial charge on any atom is -0.488 e. The van der Waals surface area contributed by atoms with Gasteiger partial charge in [-0.15, -0.1) is 0 Å². The lowest BCUT2D eigenvalue weighted by Crippen LogP contribution is -2.47. The number of amides is 2. The maximum atomic E-state index is 14.7. The van der Waals surface area contributed by atoms with Crippen LogP contribution in [-0.4, -0.2) is 89.8 Å². The van der Waals surface area contributed by atoms with Crippen molar-refractivity contribution in [3.8, 4) is 5.75 Å². The summed E-state index contributed by atoms with van der Waals surface area (Å²) in [7, 11) is 0. The molecule has 1 saturated carbocycles. The molecule has 1 atom stereocenters. The van der Waals surface area contributed by atoms with Gasteiger partial charge in [-0.05, 0) is 60.6 Å². The lowest BCUT2D eigenvalue weighted by Gasteiger charge is -2.35. The summed E-state index contributed by atoms with van der Waals surface area (Å²) in [5.41, 5.74) is 2.75. The highest BCUT2D eigenvalue weighted by Gasteiger charge is 2.40. The van der Waals surface area contributed by atoms with E-state index >= 15 is 0 Å². The first kappa shape index (κ1) is 37.7. The van der Waals surface area contributed by atoms with Crippen molar-refractivity contribution in [3.63, 3.8) is 0 Å². The van der Waals surface area contributed by atoms with E-state index in [4.69, 9.17) is 24.6 Å². The Morgan fingerprint density at radius 3 is 2.29 bits per heavy atom. The summed E-state index contributed by atoms with van der Waals surface area (Å²) in [4.78, 5) is 34.8. The molecule has 2 aliphatic rings. The van der Waals surface area contributed by atoms with E-state index in [1.165, 1.54) is 11.0 Å². The fourth-order valence-corrected chi connectivity index (χ4v) is 5.72. The van der Waals surface area contributed by atoms with Crippen LogP contribution in [0.3, 0.4) is 0 Å². The Morgan fingerprint density at radius 1 is 0.843 bits per heavy atom. The molecule has 0 radical (unpaired) electrons. The molecule has 1 aliphatic heterocycles. The molecular weight excluding hydrogens is 678 g/mol. The molecule has 0 spiro atoms. The van der Waals surface area contributed by atoms with Crippen LogP contribution in [0.1, 0.15) is 36.0 Å². The third-order valence-corrected chi connectivity index (χ3v) is 8.47. The Hall–Kier alpha value is -4.54. The molecule has 274 valence electrons. The number of halogens is 4. The predicted molar refractivity (Wildman–Crippen MR) is 173 cm³/mol. The molecule has 1 heterocycles. The average Bonchev–Trinajstić information content (AvgIpc) is 3.97. The van der Waals surface area contributed by atoms with Crippen molar-refractivity contribution >= 4 is 17.6 Å².